The van der Waals surface area contributed by atoms with Gasteiger partial charge in [-0.2, -0.15) is 0 Å². The molecule has 0 aliphatic rings. The molecule has 0 saturated carbocycles. The van der Waals surface area contributed by atoms with Crippen molar-refractivity contribution in [2.45, 2.75) is 137 Å². The third-order valence-corrected chi connectivity index (χ3v) is 7.85. The number of carbonyl (C=O) groups excluding carboxylic acids is 2. The number of carbonyl (C=O) groups is 2. The molecule has 0 saturated heterocycles. The molecular formula is C37H58N2O4. The summed E-state index contributed by atoms with van der Waals surface area (Å²) in [4.78, 5) is 25.1. The van der Waals surface area contributed by atoms with Gasteiger partial charge in [-0.1, -0.05) is 107 Å². The molecule has 0 spiro atoms. The summed E-state index contributed by atoms with van der Waals surface area (Å²) in [5, 5.41) is 27.8. The molecule has 2 aromatic carbocycles. The third kappa shape index (κ3) is 10.6. The van der Waals surface area contributed by atoms with Crippen LogP contribution in [0.4, 0.5) is 0 Å². The Kier molecular flexibility index (Phi) is 11.6. The number of hydrogen-bond acceptors (Lipinski definition) is 4. The van der Waals surface area contributed by atoms with E-state index in [9.17, 15) is 19.8 Å². The van der Waals surface area contributed by atoms with Crippen LogP contribution < -0.4 is 10.6 Å². The van der Waals surface area contributed by atoms with Crippen LogP contribution in [-0.4, -0.2) is 35.1 Å². The lowest BCUT2D eigenvalue weighted by atomic mass is 9.78. The SMILES string of the molecule is CC(C)(C)c1cc(CCC(=O)NCCCNC(=O)CCc2cc(C(C)(C)C)c(O)c(C(C)(C)C)c2)cc(C(C)(C)C)c1O. The van der Waals surface area contributed by atoms with Gasteiger partial charge in [-0.05, 0) is 74.3 Å². The van der Waals surface area contributed by atoms with E-state index in [-0.39, 0.29) is 33.5 Å². The highest BCUT2D eigenvalue weighted by atomic mass is 16.3. The fraction of sp³-hybridized carbons (Fsp3) is 0.622. The lowest BCUT2D eigenvalue weighted by molar-refractivity contribution is -0.121. The second-order valence-electron chi connectivity index (χ2n) is 16.1. The van der Waals surface area contributed by atoms with Crippen LogP contribution in [-0.2, 0) is 44.1 Å². The van der Waals surface area contributed by atoms with Crippen LogP contribution in [0.2, 0.25) is 0 Å². The predicted octanol–water partition coefficient (Wildman–Crippen LogP) is 7.48. The van der Waals surface area contributed by atoms with Crippen LogP contribution in [0.25, 0.3) is 0 Å². The van der Waals surface area contributed by atoms with Gasteiger partial charge in [0.05, 0.1) is 0 Å². The zero-order chi connectivity index (χ0) is 33.0. The Morgan fingerprint density at radius 2 is 0.791 bits per heavy atom. The van der Waals surface area contributed by atoms with Gasteiger partial charge >= 0.3 is 0 Å². The lowest BCUT2D eigenvalue weighted by Gasteiger charge is -2.28. The van der Waals surface area contributed by atoms with Crippen molar-refractivity contribution in [3.05, 3.63) is 57.6 Å². The van der Waals surface area contributed by atoms with Crippen molar-refractivity contribution < 1.29 is 19.8 Å². The number of aryl methyl sites for hydroxylation is 2. The summed E-state index contributed by atoms with van der Waals surface area (Å²) in [6.45, 7) is 26.0. The van der Waals surface area contributed by atoms with Crippen molar-refractivity contribution in [1.29, 1.82) is 0 Å². The molecule has 0 unspecified atom stereocenters. The van der Waals surface area contributed by atoms with E-state index in [0.717, 1.165) is 33.4 Å². The Morgan fingerprint density at radius 1 is 0.535 bits per heavy atom. The van der Waals surface area contributed by atoms with Crippen LogP contribution in [0.15, 0.2) is 24.3 Å². The minimum atomic E-state index is -0.207. The number of nitrogens with one attached hydrogen (secondary N) is 2. The summed E-state index contributed by atoms with van der Waals surface area (Å²) in [6.07, 6.45) is 2.58. The lowest BCUT2D eigenvalue weighted by Crippen LogP contribution is -2.30. The molecule has 0 bridgehead atoms. The summed E-state index contributed by atoms with van der Waals surface area (Å²) in [5.74, 6) is 0.654. The standard InChI is InChI=1S/C37H58N2O4/c1-34(2,3)26-20-24(21-27(32(26)42)35(4,5)6)14-16-30(40)38-18-13-19-39-31(41)17-15-25-22-28(36(7,8)9)33(43)29(23-25)37(10,11)12/h20-23,42-43H,13-19H2,1-12H3,(H,38,40)(H,39,41). The van der Waals surface area contributed by atoms with E-state index in [4.69, 9.17) is 0 Å². The van der Waals surface area contributed by atoms with Gasteiger partial charge in [-0.15, -0.1) is 0 Å². The second kappa shape index (κ2) is 13.7. The van der Waals surface area contributed by atoms with Crippen LogP contribution in [0, 0.1) is 0 Å². The number of hydrogen-bond donors (Lipinski definition) is 4. The minimum Gasteiger partial charge on any atom is -0.507 e. The minimum absolute atomic E-state index is 0.0225. The van der Waals surface area contributed by atoms with Gasteiger partial charge in [0.25, 0.3) is 0 Å². The van der Waals surface area contributed by atoms with Crippen molar-refractivity contribution in [2.75, 3.05) is 13.1 Å². The first kappa shape index (κ1) is 36.2. The molecule has 4 N–H and O–H groups in total. The summed E-state index contributed by atoms with van der Waals surface area (Å²) in [5.41, 5.74) is 4.88. The maximum absolute atomic E-state index is 12.6. The zero-order valence-corrected chi connectivity index (χ0v) is 29.0. The molecule has 43 heavy (non-hydrogen) atoms. The normalized spacial score (nSPS) is 12.7. The van der Waals surface area contributed by atoms with Gasteiger partial charge in [0.1, 0.15) is 11.5 Å². The molecule has 6 heteroatoms. The molecule has 0 aromatic heterocycles. The number of aromatic hydroxyl groups is 2. The summed E-state index contributed by atoms with van der Waals surface area (Å²) < 4.78 is 0. The average Bonchev–Trinajstić information content (AvgIpc) is 2.84. The molecule has 2 amide bonds. The predicted molar refractivity (Wildman–Crippen MR) is 178 cm³/mol. The Bertz CT molecular complexity index is 1110. The van der Waals surface area contributed by atoms with Crippen molar-refractivity contribution in [1.82, 2.24) is 10.6 Å². The molecule has 0 heterocycles. The van der Waals surface area contributed by atoms with E-state index in [2.05, 4.69) is 93.7 Å². The number of phenols is 2. The van der Waals surface area contributed by atoms with E-state index in [0.29, 0.717) is 56.7 Å². The summed E-state index contributed by atoms with van der Waals surface area (Å²) in [6, 6.07) is 8.11. The molecule has 2 rings (SSSR count). The van der Waals surface area contributed by atoms with Gasteiger partial charge in [0, 0.05) is 25.9 Å². The van der Waals surface area contributed by atoms with Crippen LogP contribution in [0.1, 0.15) is 136 Å². The molecule has 0 atom stereocenters. The monoisotopic (exact) mass is 594 g/mol. The van der Waals surface area contributed by atoms with E-state index in [1.165, 1.54) is 0 Å². The molecule has 0 fully saturated rings. The van der Waals surface area contributed by atoms with Crippen molar-refractivity contribution >= 4 is 11.8 Å². The van der Waals surface area contributed by atoms with E-state index in [1.54, 1.807) is 0 Å². The second-order valence-corrected chi connectivity index (χ2v) is 16.1. The first-order chi connectivity index (χ1) is 19.5. The van der Waals surface area contributed by atoms with Crippen molar-refractivity contribution in [3.63, 3.8) is 0 Å². The fourth-order valence-corrected chi connectivity index (χ4v) is 5.20. The number of amides is 2. The maximum atomic E-state index is 12.6. The molecule has 240 valence electrons. The molecule has 6 nitrogen and oxygen atoms in total. The Balaban J connectivity index is 1.85. The van der Waals surface area contributed by atoms with Gasteiger partial charge in [-0.3, -0.25) is 9.59 Å². The van der Waals surface area contributed by atoms with E-state index in [1.807, 2.05) is 24.3 Å². The zero-order valence-electron chi connectivity index (χ0n) is 29.0. The van der Waals surface area contributed by atoms with E-state index >= 15 is 0 Å². The number of benzene rings is 2. The highest BCUT2D eigenvalue weighted by Crippen LogP contribution is 2.41. The molecule has 0 aliphatic carbocycles. The Morgan fingerprint density at radius 3 is 1.02 bits per heavy atom. The van der Waals surface area contributed by atoms with Crippen molar-refractivity contribution in [2.24, 2.45) is 0 Å². The maximum Gasteiger partial charge on any atom is 0.220 e. The highest BCUT2D eigenvalue weighted by Gasteiger charge is 2.28. The largest absolute Gasteiger partial charge is 0.507 e. The first-order valence-electron chi connectivity index (χ1n) is 15.8. The summed E-state index contributed by atoms with van der Waals surface area (Å²) >= 11 is 0. The van der Waals surface area contributed by atoms with Crippen LogP contribution >= 0.6 is 0 Å². The van der Waals surface area contributed by atoms with Gasteiger partial charge in [0.2, 0.25) is 11.8 Å². The number of phenolic OH excluding ortho intramolecular Hbond substituents is 2. The Hall–Kier alpha value is -3.02. The first-order valence-corrected chi connectivity index (χ1v) is 15.8. The highest BCUT2D eigenvalue weighted by molar-refractivity contribution is 5.77. The summed E-state index contributed by atoms with van der Waals surface area (Å²) in [7, 11) is 0. The smallest absolute Gasteiger partial charge is 0.220 e. The van der Waals surface area contributed by atoms with Gasteiger partial charge in [0.15, 0.2) is 0 Å². The van der Waals surface area contributed by atoms with Gasteiger partial charge in [-0.25, -0.2) is 0 Å². The van der Waals surface area contributed by atoms with Crippen LogP contribution in [0.3, 0.4) is 0 Å². The molecule has 0 radical (unpaired) electrons. The quantitative estimate of drug-likeness (QED) is 0.214. The van der Waals surface area contributed by atoms with E-state index < -0.39 is 0 Å². The van der Waals surface area contributed by atoms with Crippen LogP contribution in [0.5, 0.6) is 11.5 Å². The molecule has 2 aromatic rings. The molecule has 0 aliphatic heterocycles. The molecular weight excluding hydrogens is 536 g/mol. The van der Waals surface area contributed by atoms with Crippen molar-refractivity contribution in [3.8, 4) is 11.5 Å². The average molecular weight is 595 g/mol. The Labute approximate surface area is 261 Å². The van der Waals surface area contributed by atoms with Gasteiger partial charge < -0.3 is 20.8 Å². The third-order valence-electron chi connectivity index (χ3n) is 7.85. The topological polar surface area (TPSA) is 98.7 Å². The fourth-order valence-electron chi connectivity index (χ4n) is 5.20. The number of rotatable bonds is 10.